The molecule has 0 aromatic heterocycles. The second-order valence-electron chi connectivity index (χ2n) is 15.9. The Morgan fingerprint density at radius 2 is 0.660 bits per heavy atom. The van der Waals surface area contributed by atoms with Crippen LogP contribution >= 0.6 is 0 Å². The fourth-order valence-electron chi connectivity index (χ4n) is 5.94. The highest BCUT2D eigenvalue weighted by atomic mass is 19.2. The lowest BCUT2D eigenvalue weighted by Crippen LogP contribution is -2.10. The highest BCUT2D eigenvalue weighted by Gasteiger charge is 2.16. The van der Waals surface area contributed by atoms with E-state index in [1.54, 1.807) is 38.1 Å². The van der Waals surface area contributed by atoms with E-state index in [1.165, 1.54) is 94.9 Å². The minimum atomic E-state index is -0.736. The maximum Gasteiger partial charge on any atom is 0.161 e. The molecule has 0 radical (unpaired) electrons. The Bertz CT molecular complexity index is 1470. The molecule has 2 aliphatic carbocycles. The molecule has 294 valence electrons. The third-order valence-corrected chi connectivity index (χ3v) is 10.4. The zero-order chi connectivity index (χ0) is 40.1. The number of hydrogen-bond donors (Lipinski definition) is 0. The summed E-state index contributed by atoms with van der Waals surface area (Å²) >= 11 is 0. The van der Waals surface area contributed by atoms with Crippen LogP contribution in [0.5, 0.6) is 0 Å². The number of benzene rings is 4. The summed E-state index contributed by atoms with van der Waals surface area (Å²) in [7, 11) is 0. The molecular formula is C49H70F4. The SMILES string of the molecule is CC1CCC(C)CC1.CCC1CCC(C)CC1.Cc1ccc(C)c(F)c1.Cc1ccc(C)c(F)c1.Cc1ccc(C)c(F)c1F.Cc1ccc(C)cc1. The fraction of sp³-hybridized carbons (Fsp3) is 0.510. The molecule has 0 unspecified atom stereocenters. The van der Waals surface area contributed by atoms with Gasteiger partial charge in [0.2, 0.25) is 0 Å². The summed E-state index contributed by atoms with van der Waals surface area (Å²) in [6.07, 6.45) is 13.3. The van der Waals surface area contributed by atoms with Crippen molar-refractivity contribution in [2.75, 3.05) is 0 Å². The normalized spacial score (nSPS) is 18.8. The lowest BCUT2D eigenvalue weighted by Gasteiger charge is -2.24. The van der Waals surface area contributed by atoms with Crippen molar-refractivity contribution in [2.45, 2.75) is 141 Å². The van der Waals surface area contributed by atoms with Crippen LogP contribution in [0.3, 0.4) is 0 Å². The Morgan fingerprint density at radius 3 is 0.925 bits per heavy atom. The Labute approximate surface area is 321 Å². The van der Waals surface area contributed by atoms with Crippen molar-refractivity contribution in [2.24, 2.45) is 23.7 Å². The number of aryl methyl sites for hydroxylation is 8. The van der Waals surface area contributed by atoms with Crippen LogP contribution in [-0.4, -0.2) is 0 Å². The van der Waals surface area contributed by atoms with E-state index in [-0.39, 0.29) is 11.6 Å². The average Bonchev–Trinajstić information content (AvgIpc) is 3.13. The van der Waals surface area contributed by atoms with Crippen molar-refractivity contribution in [3.63, 3.8) is 0 Å². The van der Waals surface area contributed by atoms with Crippen LogP contribution in [-0.2, 0) is 0 Å². The quantitative estimate of drug-likeness (QED) is 0.171. The van der Waals surface area contributed by atoms with Gasteiger partial charge in [-0.25, -0.2) is 17.6 Å². The molecule has 0 bridgehead atoms. The first kappa shape index (κ1) is 47.6. The first-order valence-corrected chi connectivity index (χ1v) is 19.8. The van der Waals surface area contributed by atoms with Gasteiger partial charge in [-0.3, -0.25) is 0 Å². The van der Waals surface area contributed by atoms with Gasteiger partial charge in [0, 0.05) is 0 Å². The molecule has 4 heteroatoms. The first-order chi connectivity index (χ1) is 24.9. The van der Waals surface area contributed by atoms with Gasteiger partial charge in [0.25, 0.3) is 0 Å². The van der Waals surface area contributed by atoms with Crippen LogP contribution in [0.25, 0.3) is 0 Å². The Balaban J connectivity index is 0.000000318. The predicted molar refractivity (Wildman–Crippen MR) is 222 cm³/mol. The van der Waals surface area contributed by atoms with Crippen molar-refractivity contribution in [1.82, 2.24) is 0 Å². The molecule has 0 heterocycles. The molecule has 2 fully saturated rings. The van der Waals surface area contributed by atoms with Gasteiger partial charge >= 0.3 is 0 Å². The van der Waals surface area contributed by atoms with Crippen LogP contribution in [0.15, 0.2) is 72.8 Å². The van der Waals surface area contributed by atoms with E-state index >= 15 is 0 Å². The number of halogens is 4. The van der Waals surface area contributed by atoms with Crippen LogP contribution in [0.2, 0.25) is 0 Å². The van der Waals surface area contributed by atoms with Crippen molar-refractivity contribution < 1.29 is 17.6 Å². The summed E-state index contributed by atoms with van der Waals surface area (Å²) in [6.45, 7) is 24.0. The topological polar surface area (TPSA) is 0 Å². The molecular weight excluding hydrogens is 665 g/mol. The Kier molecular flexibility index (Phi) is 23.0. The molecule has 0 nitrogen and oxygen atoms in total. The lowest BCUT2D eigenvalue weighted by molar-refractivity contribution is 0.284. The third kappa shape index (κ3) is 20.6. The largest absolute Gasteiger partial charge is 0.207 e. The summed E-state index contributed by atoms with van der Waals surface area (Å²) in [5.74, 6) is 2.43. The average molecular weight is 735 g/mol. The monoisotopic (exact) mass is 735 g/mol. The van der Waals surface area contributed by atoms with Gasteiger partial charge < -0.3 is 0 Å². The van der Waals surface area contributed by atoms with E-state index in [2.05, 4.69) is 65.8 Å². The summed E-state index contributed by atoms with van der Waals surface area (Å²) in [6, 6.07) is 22.0. The first-order valence-electron chi connectivity index (χ1n) is 19.8. The number of rotatable bonds is 1. The van der Waals surface area contributed by atoms with Crippen molar-refractivity contribution in [3.8, 4) is 0 Å². The van der Waals surface area contributed by atoms with E-state index in [9.17, 15) is 17.6 Å². The van der Waals surface area contributed by atoms with Crippen LogP contribution in [0.4, 0.5) is 17.6 Å². The Morgan fingerprint density at radius 1 is 0.396 bits per heavy atom. The van der Waals surface area contributed by atoms with Gasteiger partial charge in [0.15, 0.2) is 11.6 Å². The van der Waals surface area contributed by atoms with E-state index in [1.807, 2.05) is 26.0 Å². The van der Waals surface area contributed by atoms with E-state index in [0.29, 0.717) is 22.3 Å². The minimum Gasteiger partial charge on any atom is -0.207 e. The van der Waals surface area contributed by atoms with Crippen molar-refractivity contribution in [1.29, 1.82) is 0 Å². The molecule has 6 rings (SSSR count). The molecule has 0 amide bonds. The van der Waals surface area contributed by atoms with E-state index < -0.39 is 11.6 Å². The molecule has 0 aliphatic heterocycles. The van der Waals surface area contributed by atoms with E-state index in [0.717, 1.165) is 34.8 Å². The maximum absolute atomic E-state index is 12.6. The van der Waals surface area contributed by atoms with E-state index in [4.69, 9.17) is 0 Å². The van der Waals surface area contributed by atoms with Gasteiger partial charge in [-0.05, 0) is 125 Å². The van der Waals surface area contributed by atoms with Gasteiger partial charge in [-0.1, -0.05) is 157 Å². The van der Waals surface area contributed by atoms with Gasteiger partial charge in [-0.2, -0.15) is 0 Å². The predicted octanol–water partition coefficient (Wildman–Crippen LogP) is 15.8. The summed E-state index contributed by atoms with van der Waals surface area (Å²) < 4.78 is 50.4. The third-order valence-electron chi connectivity index (χ3n) is 10.4. The summed E-state index contributed by atoms with van der Waals surface area (Å²) in [5, 5.41) is 0. The summed E-state index contributed by atoms with van der Waals surface area (Å²) in [5.41, 5.74) is 6.72. The minimum absolute atomic E-state index is 0.116. The van der Waals surface area contributed by atoms with Crippen LogP contribution in [0.1, 0.15) is 130 Å². The zero-order valence-electron chi connectivity index (χ0n) is 35.1. The lowest BCUT2D eigenvalue weighted by atomic mass is 9.82. The standard InChI is InChI=1S/C9H18.C8H8F2.2C8H9F.C8H16.C8H10/c1-3-9-6-4-8(2)5-7-9;1-5-3-4-6(2)8(10)7(5)9;2*1-6-3-4-7(2)8(9)5-6;2*1-7-3-5-8(2)6-4-7/h8-9H,3-7H2,1-2H3;3-4H,1-2H3;2*3-5H,1-2H3;7-8H,3-6H2,1-2H3;3-6H,1-2H3. The molecule has 0 atom stereocenters. The molecule has 4 aromatic carbocycles. The maximum atomic E-state index is 12.6. The molecule has 4 aromatic rings. The fourth-order valence-corrected chi connectivity index (χ4v) is 5.94. The smallest absolute Gasteiger partial charge is 0.161 e. The van der Waals surface area contributed by atoms with Gasteiger partial charge in [-0.15, -0.1) is 0 Å². The molecule has 0 spiro atoms. The molecule has 53 heavy (non-hydrogen) atoms. The van der Waals surface area contributed by atoms with Crippen LogP contribution < -0.4 is 0 Å². The highest BCUT2D eigenvalue weighted by molar-refractivity contribution is 5.24. The Hall–Kier alpha value is -3.40. The zero-order valence-corrected chi connectivity index (χ0v) is 35.1. The molecule has 2 aliphatic rings. The molecule has 2 saturated carbocycles. The van der Waals surface area contributed by atoms with Gasteiger partial charge in [0.1, 0.15) is 11.6 Å². The number of hydrogen-bond acceptors (Lipinski definition) is 0. The second kappa shape index (κ2) is 25.6. The summed E-state index contributed by atoms with van der Waals surface area (Å²) in [4.78, 5) is 0. The van der Waals surface area contributed by atoms with Gasteiger partial charge in [0.05, 0.1) is 0 Å². The molecule has 0 saturated heterocycles. The van der Waals surface area contributed by atoms with Crippen molar-refractivity contribution >= 4 is 0 Å². The van der Waals surface area contributed by atoms with Crippen LogP contribution in [0, 0.1) is 102 Å². The molecule has 0 N–H and O–H groups in total. The highest BCUT2D eigenvalue weighted by Crippen LogP contribution is 2.30. The second-order valence-corrected chi connectivity index (χ2v) is 15.9. The van der Waals surface area contributed by atoms with Crippen molar-refractivity contribution in [3.05, 3.63) is 141 Å².